The van der Waals surface area contributed by atoms with Gasteiger partial charge in [-0.05, 0) is 46.2 Å². The average Bonchev–Trinajstić information content (AvgIpc) is 3.37. The molecule has 9 aromatic rings. The molecule has 0 aliphatic heterocycles. The topological polar surface area (TPSA) is 55.7 Å². The molecule has 8 aromatic carbocycles. The predicted molar refractivity (Wildman–Crippen MR) is 257 cm³/mol. The molecule has 1 heterocycles. The van der Waals surface area contributed by atoms with Gasteiger partial charge in [-0.15, -0.1) is 0 Å². The zero-order valence-corrected chi connectivity index (χ0v) is 35.4. The average molecular weight is 820 g/mol. The van der Waals surface area contributed by atoms with Crippen LogP contribution in [0.4, 0.5) is 0 Å². The molecule has 5 heteroatoms. The molecule has 1 aromatic heterocycles. The van der Waals surface area contributed by atoms with Crippen molar-refractivity contribution in [3.8, 4) is 56.4 Å². The van der Waals surface area contributed by atoms with E-state index in [-0.39, 0.29) is 5.41 Å². The van der Waals surface area contributed by atoms with Crippen LogP contribution in [-0.2, 0) is 9.98 Å². The predicted octanol–water partition coefficient (Wildman–Crippen LogP) is 13.1. The fraction of sp³-hybridized carbons (Fsp3) is 0.105. The smallest absolute Gasteiger partial charge is 0.171 e. The maximum absolute atomic E-state index is 14.9. The van der Waals surface area contributed by atoms with Crippen molar-refractivity contribution >= 4 is 23.1 Å². The molecule has 0 radical (unpaired) electrons. The monoisotopic (exact) mass is 819 g/mol. The lowest BCUT2D eigenvalue weighted by Crippen LogP contribution is -2.30. The van der Waals surface area contributed by atoms with Gasteiger partial charge in [-0.25, -0.2) is 15.0 Å². The quantitative estimate of drug-likeness (QED) is 0.129. The summed E-state index contributed by atoms with van der Waals surface area (Å²) >= 11 is 0. The molecule has 1 saturated carbocycles. The van der Waals surface area contributed by atoms with Gasteiger partial charge in [-0.3, -0.25) is 0 Å². The Labute approximate surface area is 364 Å². The molecule has 4 nitrogen and oxygen atoms in total. The van der Waals surface area contributed by atoms with Gasteiger partial charge < -0.3 is 4.57 Å². The number of rotatable bonds is 10. The molecule has 0 saturated heterocycles. The first-order valence-electron chi connectivity index (χ1n) is 21.6. The second-order valence-corrected chi connectivity index (χ2v) is 19.0. The van der Waals surface area contributed by atoms with Gasteiger partial charge in [0, 0.05) is 38.0 Å². The van der Waals surface area contributed by atoms with Crippen LogP contribution in [0.3, 0.4) is 0 Å². The second kappa shape index (κ2) is 17.2. The van der Waals surface area contributed by atoms with Gasteiger partial charge in [-0.1, -0.05) is 238 Å². The van der Waals surface area contributed by atoms with E-state index in [0.717, 1.165) is 62.1 Å². The Balaban J connectivity index is 0.949. The molecule has 0 N–H and O–H groups in total. The highest BCUT2D eigenvalue weighted by atomic mass is 31.2. The SMILES string of the molecule is O=P(c1ccccc1)(c1ccccc1)c1ccc(-c2ccc(C3(c4ccc(-c5nc(-c6ccccc6)nc(-c6ccc(-c7ccccc7)cc6)n5)cc4)CCCCC3)cc2)cc1. The van der Waals surface area contributed by atoms with Crippen molar-refractivity contribution in [2.45, 2.75) is 37.5 Å². The van der Waals surface area contributed by atoms with Crippen molar-refractivity contribution in [2.24, 2.45) is 0 Å². The molecule has 1 fully saturated rings. The summed E-state index contributed by atoms with van der Waals surface area (Å²) < 4.78 is 14.9. The van der Waals surface area contributed by atoms with E-state index in [2.05, 4.69) is 109 Å². The molecule has 1 aliphatic carbocycles. The van der Waals surface area contributed by atoms with Crippen LogP contribution >= 0.6 is 7.14 Å². The lowest BCUT2D eigenvalue weighted by Gasteiger charge is -2.39. The molecule has 0 spiro atoms. The van der Waals surface area contributed by atoms with Gasteiger partial charge in [0.1, 0.15) is 0 Å². The van der Waals surface area contributed by atoms with Crippen LogP contribution in [0.5, 0.6) is 0 Å². The molecule has 62 heavy (non-hydrogen) atoms. The van der Waals surface area contributed by atoms with Gasteiger partial charge in [0.15, 0.2) is 24.6 Å². The summed E-state index contributed by atoms with van der Waals surface area (Å²) in [4.78, 5) is 15.1. The summed E-state index contributed by atoms with van der Waals surface area (Å²) in [7, 11) is -3.04. The van der Waals surface area contributed by atoms with E-state index in [9.17, 15) is 4.57 Å². The van der Waals surface area contributed by atoms with Crippen LogP contribution in [0.25, 0.3) is 56.4 Å². The first kappa shape index (κ1) is 39.2. The van der Waals surface area contributed by atoms with E-state index >= 15 is 0 Å². The molecule has 10 rings (SSSR count). The highest BCUT2D eigenvalue weighted by molar-refractivity contribution is 7.85. The lowest BCUT2D eigenvalue weighted by molar-refractivity contribution is 0.346. The number of hydrogen-bond acceptors (Lipinski definition) is 4. The third-order valence-corrected chi connectivity index (χ3v) is 15.6. The zero-order valence-electron chi connectivity index (χ0n) is 34.5. The van der Waals surface area contributed by atoms with E-state index in [4.69, 9.17) is 15.0 Å². The maximum Gasteiger partial charge on any atom is 0.171 e. The van der Waals surface area contributed by atoms with Crippen LogP contribution in [0.2, 0.25) is 0 Å². The van der Waals surface area contributed by atoms with Crippen LogP contribution in [0, 0.1) is 0 Å². The highest BCUT2D eigenvalue weighted by Crippen LogP contribution is 2.46. The van der Waals surface area contributed by atoms with E-state index in [1.165, 1.54) is 36.0 Å². The van der Waals surface area contributed by atoms with Crippen molar-refractivity contribution < 1.29 is 4.57 Å². The maximum atomic E-state index is 14.9. The molecular weight excluding hydrogens is 774 g/mol. The minimum atomic E-state index is -3.04. The Morgan fingerprint density at radius 1 is 0.306 bits per heavy atom. The van der Waals surface area contributed by atoms with Crippen LogP contribution in [-0.4, -0.2) is 15.0 Å². The molecule has 0 amide bonds. The van der Waals surface area contributed by atoms with Crippen LogP contribution < -0.4 is 15.9 Å². The summed E-state index contributed by atoms with van der Waals surface area (Å²) in [5.41, 5.74) is 10.0. The Morgan fingerprint density at radius 3 is 1.03 bits per heavy atom. The fourth-order valence-corrected chi connectivity index (χ4v) is 11.8. The van der Waals surface area contributed by atoms with Crippen molar-refractivity contribution in [3.63, 3.8) is 0 Å². The van der Waals surface area contributed by atoms with Crippen LogP contribution in [0.1, 0.15) is 43.2 Å². The molecule has 0 bridgehead atoms. The summed E-state index contributed by atoms with van der Waals surface area (Å²) in [6, 6.07) is 75.2. The van der Waals surface area contributed by atoms with Crippen molar-refractivity contribution in [1.29, 1.82) is 0 Å². The number of nitrogens with zero attached hydrogens (tertiary/aromatic N) is 3. The molecule has 0 unspecified atom stereocenters. The normalized spacial score (nSPS) is 13.7. The summed E-state index contributed by atoms with van der Waals surface area (Å²) in [6.45, 7) is 0. The molecule has 300 valence electrons. The first-order chi connectivity index (χ1) is 30.6. The van der Waals surface area contributed by atoms with Gasteiger partial charge in [0.05, 0.1) is 0 Å². The Bertz CT molecular complexity index is 2910. The Kier molecular flexibility index (Phi) is 10.8. The van der Waals surface area contributed by atoms with Crippen LogP contribution in [0.15, 0.2) is 218 Å². The first-order valence-corrected chi connectivity index (χ1v) is 23.3. The Morgan fingerprint density at radius 2 is 0.597 bits per heavy atom. The third kappa shape index (κ3) is 7.64. The zero-order chi connectivity index (χ0) is 41.8. The minimum Gasteiger partial charge on any atom is -0.309 e. The number of hydrogen-bond donors (Lipinski definition) is 0. The molecular formula is C57H46N3OP. The number of benzene rings is 8. The molecule has 1 aliphatic rings. The summed E-state index contributed by atoms with van der Waals surface area (Å²) in [6.07, 6.45) is 5.83. The summed E-state index contributed by atoms with van der Waals surface area (Å²) in [5, 5.41) is 2.52. The van der Waals surface area contributed by atoms with Crippen molar-refractivity contribution in [3.05, 3.63) is 230 Å². The van der Waals surface area contributed by atoms with Gasteiger partial charge in [0.2, 0.25) is 0 Å². The van der Waals surface area contributed by atoms with E-state index in [1.54, 1.807) is 0 Å². The van der Waals surface area contributed by atoms with Crippen molar-refractivity contribution in [2.75, 3.05) is 0 Å². The number of aromatic nitrogens is 3. The summed E-state index contributed by atoms with van der Waals surface area (Å²) in [5.74, 6) is 1.96. The van der Waals surface area contributed by atoms with E-state index in [0.29, 0.717) is 17.5 Å². The van der Waals surface area contributed by atoms with Gasteiger partial charge >= 0.3 is 0 Å². The lowest BCUT2D eigenvalue weighted by atomic mass is 9.65. The minimum absolute atomic E-state index is 0.0862. The largest absolute Gasteiger partial charge is 0.309 e. The van der Waals surface area contributed by atoms with E-state index in [1.807, 2.05) is 109 Å². The van der Waals surface area contributed by atoms with Gasteiger partial charge in [0.25, 0.3) is 0 Å². The van der Waals surface area contributed by atoms with Gasteiger partial charge in [-0.2, -0.15) is 0 Å². The Hall–Kier alpha value is -7.00. The fourth-order valence-electron chi connectivity index (χ4n) is 9.20. The van der Waals surface area contributed by atoms with E-state index < -0.39 is 7.14 Å². The van der Waals surface area contributed by atoms with Crippen molar-refractivity contribution in [1.82, 2.24) is 15.0 Å². The third-order valence-electron chi connectivity index (χ3n) is 12.6. The molecule has 0 atom stereocenters. The highest BCUT2D eigenvalue weighted by Gasteiger charge is 2.36. The standard InChI is InChI=1S/C57H46N3OP/c61-62(51-20-10-3-11-21-51,52-22-12-4-13-23-52)53-38-32-45(33-39-53)44-28-34-49(35-29-44)57(40-14-5-15-41-57)50-36-30-48(31-37-50)56-59-54(46-18-8-2-9-19-46)58-55(60-56)47-26-24-43(25-27-47)42-16-6-1-7-17-42/h1-4,6-13,16-39H,5,14-15,40-41H2. The second-order valence-electron chi connectivity index (χ2n) is 16.2.